The summed E-state index contributed by atoms with van der Waals surface area (Å²) in [6.45, 7) is 1.28. The van der Waals surface area contributed by atoms with Crippen molar-refractivity contribution in [2.24, 2.45) is 0 Å². The fourth-order valence-corrected chi connectivity index (χ4v) is 4.74. The Morgan fingerprint density at radius 1 is 1.23 bits per heavy atom. The maximum Gasteiger partial charge on any atom is 0.255 e. The number of carbonyl (C=O) groups excluding carboxylic acids is 1. The topological polar surface area (TPSA) is 70.8 Å². The van der Waals surface area contributed by atoms with Crippen molar-refractivity contribution in [2.75, 3.05) is 20.1 Å². The van der Waals surface area contributed by atoms with Gasteiger partial charge in [0.25, 0.3) is 5.91 Å². The molecule has 1 amide bonds. The number of benzene rings is 1. The van der Waals surface area contributed by atoms with Gasteiger partial charge in [-0.15, -0.1) is 0 Å². The van der Waals surface area contributed by atoms with Crippen LogP contribution >= 0.6 is 11.6 Å². The van der Waals surface area contributed by atoms with E-state index in [1.54, 1.807) is 19.2 Å². The van der Waals surface area contributed by atoms with Gasteiger partial charge in [0.15, 0.2) is 0 Å². The molecule has 0 unspecified atom stereocenters. The van der Waals surface area contributed by atoms with Crippen LogP contribution in [0.25, 0.3) is 0 Å². The number of hydrogen-bond acceptors (Lipinski definition) is 4. The van der Waals surface area contributed by atoms with Crippen LogP contribution in [0.1, 0.15) is 35.4 Å². The van der Waals surface area contributed by atoms with Crippen molar-refractivity contribution in [3.8, 4) is 0 Å². The monoisotopic (exact) mass is 396 g/mol. The van der Waals surface area contributed by atoms with Crippen molar-refractivity contribution in [1.29, 1.82) is 0 Å². The molecule has 0 bridgehead atoms. The van der Waals surface area contributed by atoms with E-state index in [9.17, 15) is 13.2 Å². The van der Waals surface area contributed by atoms with Crippen molar-refractivity contribution in [3.05, 3.63) is 52.9 Å². The van der Waals surface area contributed by atoms with Gasteiger partial charge in [0, 0.05) is 20.1 Å². The maximum absolute atomic E-state index is 12.8. The number of carbonyl (C=O) groups is 1. The molecule has 1 aliphatic heterocycles. The molecule has 0 spiro atoms. The fraction of sp³-hybridized carbons (Fsp3) is 0.389. The second-order valence-electron chi connectivity index (χ2n) is 6.35. The lowest BCUT2D eigenvalue weighted by molar-refractivity contribution is 0.0775. The first-order valence-electron chi connectivity index (χ1n) is 8.47. The van der Waals surface area contributed by atoms with Gasteiger partial charge in [0.1, 0.15) is 5.76 Å². The average Bonchev–Trinajstić information content (AvgIpc) is 3.15. The van der Waals surface area contributed by atoms with Gasteiger partial charge in [0.2, 0.25) is 10.0 Å². The molecule has 2 aromatic rings. The van der Waals surface area contributed by atoms with Gasteiger partial charge in [-0.3, -0.25) is 4.79 Å². The molecule has 26 heavy (non-hydrogen) atoms. The Morgan fingerprint density at radius 2 is 1.96 bits per heavy atom. The van der Waals surface area contributed by atoms with Crippen LogP contribution in [-0.4, -0.2) is 43.7 Å². The van der Waals surface area contributed by atoms with E-state index in [4.69, 9.17) is 16.0 Å². The Balaban J connectivity index is 1.86. The molecule has 3 rings (SSSR count). The van der Waals surface area contributed by atoms with Gasteiger partial charge in [-0.1, -0.05) is 18.0 Å². The van der Waals surface area contributed by atoms with E-state index in [-0.39, 0.29) is 27.9 Å². The number of hydrogen-bond donors (Lipinski definition) is 0. The standard InChI is InChI=1S/C18H21ClN2O4S/c1-20(13-14-6-5-11-25-14)18(22)16-12-15(7-8-17(16)19)26(23,24)21-9-3-2-4-10-21/h5-8,11-12H,2-4,9-10,13H2,1H3. The lowest BCUT2D eigenvalue weighted by Crippen LogP contribution is -2.35. The van der Waals surface area contributed by atoms with E-state index in [2.05, 4.69) is 0 Å². The molecule has 1 aromatic heterocycles. The second kappa shape index (κ2) is 7.82. The quantitative estimate of drug-likeness (QED) is 0.776. The molecule has 1 aliphatic rings. The first-order valence-corrected chi connectivity index (χ1v) is 10.3. The molecular weight excluding hydrogens is 376 g/mol. The molecule has 140 valence electrons. The summed E-state index contributed by atoms with van der Waals surface area (Å²) in [5, 5.41) is 0.221. The van der Waals surface area contributed by atoms with Crippen LogP contribution in [-0.2, 0) is 16.6 Å². The second-order valence-corrected chi connectivity index (χ2v) is 8.69. The van der Waals surface area contributed by atoms with Crippen LogP contribution in [0.2, 0.25) is 5.02 Å². The molecule has 6 nitrogen and oxygen atoms in total. The number of furan rings is 1. The Morgan fingerprint density at radius 3 is 2.62 bits per heavy atom. The zero-order valence-corrected chi connectivity index (χ0v) is 16.1. The van der Waals surface area contributed by atoms with Crippen molar-refractivity contribution >= 4 is 27.5 Å². The van der Waals surface area contributed by atoms with Crippen LogP contribution in [0, 0.1) is 0 Å². The molecule has 2 heterocycles. The van der Waals surface area contributed by atoms with E-state index in [0.717, 1.165) is 19.3 Å². The summed E-state index contributed by atoms with van der Waals surface area (Å²) in [6, 6.07) is 7.80. The van der Waals surface area contributed by atoms with E-state index in [1.807, 2.05) is 0 Å². The van der Waals surface area contributed by atoms with Gasteiger partial charge in [0.05, 0.1) is 28.3 Å². The first-order chi connectivity index (χ1) is 12.4. The highest BCUT2D eigenvalue weighted by atomic mass is 35.5. The van der Waals surface area contributed by atoms with Gasteiger partial charge in [-0.05, 0) is 43.2 Å². The highest BCUT2D eigenvalue weighted by molar-refractivity contribution is 7.89. The fourth-order valence-electron chi connectivity index (χ4n) is 3.00. The van der Waals surface area contributed by atoms with E-state index in [1.165, 1.54) is 33.7 Å². The predicted molar refractivity (Wildman–Crippen MR) is 98.6 cm³/mol. The van der Waals surface area contributed by atoms with Crippen LogP contribution in [0.5, 0.6) is 0 Å². The molecule has 0 radical (unpaired) electrons. The maximum atomic E-state index is 12.8. The molecule has 8 heteroatoms. The summed E-state index contributed by atoms with van der Waals surface area (Å²) in [7, 11) is -2.01. The lowest BCUT2D eigenvalue weighted by atomic mass is 10.2. The van der Waals surface area contributed by atoms with Crippen LogP contribution < -0.4 is 0 Å². The van der Waals surface area contributed by atoms with E-state index >= 15 is 0 Å². The van der Waals surface area contributed by atoms with Crippen LogP contribution in [0.4, 0.5) is 0 Å². The number of sulfonamides is 1. The molecule has 1 aromatic carbocycles. The molecule has 1 fully saturated rings. The number of nitrogens with zero attached hydrogens (tertiary/aromatic N) is 2. The molecule has 0 aliphatic carbocycles. The van der Waals surface area contributed by atoms with Crippen LogP contribution in [0.3, 0.4) is 0 Å². The molecule has 0 N–H and O–H groups in total. The van der Waals surface area contributed by atoms with Crippen molar-refractivity contribution in [1.82, 2.24) is 9.21 Å². The van der Waals surface area contributed by atoms with Crippen molar-refractivity contribution in [3.63, 3.8) is 0 Å². The SMILES string of the molecule is CN(Cc1ccco1)C(=O)c1cc(S(=O)(=O)N2CCCCC2)ccc1Cl. The Hall–Kier alpha value is -1.83. The predicted octanol–water partition coefficient (Wildman–Crippen LogP) is 3.38. The normalized spacial score (nSPS) is 15.8. The third-order valence-corrected chi connectivity index (χ3v) is 6.67. The minimum absolute atomic E-state index is 0.0959. The number of piperidine rings is 1. The van der Waals surface area contributed by atoms with Gasteiger partial charge >= 0.3 is 0 Å². The summed E-state index contributed by atoms with van der Waals surface area (Å²) in [5.41, 5.74) is 0.166. The Bertz CT molecular complexity index is 875. The van der Waals surface area contributed by atoms with Gasteiger partial charge in [-0.25, -0.2) is 8.42 Å². The first kappa shape index (κ1) is 18.9. The average molecular weight is 397 g/mol. The summed E-state index contributed by atoms with van der Waals surface area (Å²) < 4.78 is 32.4. The van der Waals surface area contributed by atoms with E-state index in [0.29, 0.717) is 18.8 Å². The zero-order chi connectivity index (χ0) is 18.7. The summed E-state index contributed by atoms with van der Waals surface area (Å²) in [5.74, 6) is 0.274. The number of rotatable bonds is 5. The largest absolute Gasteiger partial charge is 0.467 e. The minimum atomic E-state index is -3.63. The highest BCUT2D eigenvalue weighted by Crippen LogP contribution is 2.26. The lowest BCUT2D eigenvalue weighted by Gasteiger charge is -2.26. The molecule has 1 saturated heterocycles. The van der Waals surface area contributed by atoms with Gasteiger partial charge < -0.3 is 9.32 Å². The summed E-state index contributed by atoms with van der Waals surface area (Å²) >= 11 is 6.17. The smallest absolute Gasteiger partial charge is 0.255 e. The molecule has 0 atom stereocenters. The highest BCUT2D eigenvalue weighted by Gasteiger charge is 2.27. The van der Waals surface area contributed by atoms with Crippen molar-refractivity contribution in [2.45, 2.75) is 30.7 Å². The molecule has 0 saturated carbocycles. The van der Waals surface area contributed by atoms with Crippen molar-refractivity contribution < 1.29 is 17.6 Å². The summed E-state index contributed by atoms with van der Waals surface area (Å²) in [6.07, 6.45) is 4.27. The van der Waals surface area contributed by atoms with E-state index < -0.39 is 10.0 Å². The van der Waals surface area contributed by atoms with Gasteiger partial charge in [-0.2, -0.15) is 4.31 Å². The van der Waals surface area contributed by atoms with Crippen LogP contribution in [0.15, 0.2) is 45.9 Å². The Kier molecular flexibility index (Phi) is 5.70. The summed E-state index contributed by atoms with van der Waals surface area (Å²) in [4.78, 5) is 14.3. The Labute approximate surface area is 158 Å². The zero-order valence-electron chi connectivity index (χ0n) is 14.5. The number of halogens is 1. The minimum Gasteiger partial charge on any atom is -0.467 e. The number of amides is 1. The third kappa shape index (κ3) is 3.95. The molecular formula is C18H21ClN2O4S. The third-order valence-electron chi connectivity index (χ3n) is 4.44.